The molecule has 0 bridgehead atoms. The fourth-order valence-electron chi connectivity index (χ4n) is 1.91. The number of nitrogens with two attached hydrogens (primary N) is 1. The summed E-state index contributed by atoms with van der Waals surface area (Å²) in [6, 6.07) is 9.53. The van der Waals surface area contributed by atoms with E-state index in [0.29, 0.717) is 16.7 Å². The zero-order valence-electron chi connectivity index (χ0n) is 12.2. The van der Waals surface area contributed by atoms with Gasteiger partial charge in [-0.05, 0) is 12.2 Å². The third-order valence-electron chi connectivity index (χ3n) is 2.91. The van der Waals surface area contributed by atoms with Crippen LogP contribution in [0.3, 0.4) is 0 Å². The van der Waals surface area contributed by atoms with E-state index in [1.54, 1.807) is 7.05 Å². The molecule has 0 aliphatic heterocycles. The second kappa shape index (κ2) is 6.71. The van der Waals surface area contributed by atoms with E-state index in [4.69, 9.17) is 27.3 Å². The van der Waals surface area contributed by atoms with Gasteiger partial charge in [0.05, 0.1) is 5.69 Å². The fraction of sp³-hybridized carbons (Fsp3) is 0.143. The first-order chi connectivity index (χ1) is 11.1. The van der Waals surface area contributed by atoms with Crippen molar-refractivity contribution < 1.29 is 9.36 Å². The molecule has 0 unspecified atom stereocenters. The van der Waals surface area contributed by atoms with E-state index in [0.717, 1.165) is 11.3 Å². The number of aryl methyl sites for hydroxylation is 1. The molecule has 0 aliphatic rings. The van der Waals surface area contributed by atoms with Gasteiger partial charge in [0.2, 0.25) is 0 Å². The molecule has 9 heteroatoms. The second-order valence-electron chi connectivity index (χ2n) is 4.55. The Kier molecular flexibility index (Phi) is 4.49. The summed E-state index contributed by atoms with van der Waals surface area (Å²) in [6.07, 6.45) is 0. The molecule has 0 aliphatic carbocycles. The van der Waals surface area contributed by atoms with Gasteiger partial charge in [-0.3, -0.25) is 0 Å². The summed E-state index contributed by atoms with van der Waals surface area (Å²) < 4.78 is 6.70. The molecule has 118 valence electrons. The van der Waals surface area contributed by atoms with Crippen molar-refractivity contribution in [2.24, 2.45) is 12.2 Å². The highest BCUT2D eigenvalue weighted by molar-refractivity contribution is 7.71. The number of thiazole rings is 1. The van der Waals surface area contributed by atoms with Gasteiger partial charge >= 0.3 is 4.84 Å². The highest BCUT2D eigenvalue weighted by Crippen LogP contribution is 2.13. The molecule has 0 atom stereocenters. The van der Waals surface area contributed by atoms with Crippen LogP contribution in [0, 0.1) is 4.84 Å². The molecule has 0 fully saturated rings. The summed E-state index contributed by atoms with van der Waals surface area (Å²) in [4.78, 5) is 13.9. The van der Waals surface area contributed by atoms with Crippen molar-refractivity contribution in [1.82, 2.24) is 14.7 Å². The molecule has 0 amide bonds. The minimum atomic E-state index is 0.137. The smallest absolute Gasteiger partial charge is 0.314 e. The van der Waals surface area contributed by atoms with E-state index >= 15 is 0 Å². The van der Waals surface area contributed by atoms with Gasteiger partial charge in [0.1, 0.15) is 0 Å². The van der Waals surface area contributed by atoms with Crippen LogP contribution in [0.15, 0.2) is 45.4 Å². The third-order valence-corrected chi connectivity index (χ3v) is 3.80. The van der Waals surface area contributed by atoms with Crippen LogP contribution in [0.25, 0.3) is 0 Å². The van der Waals surface area contributed by atoms with Gasteiger partial charge in [-0.25, -0.2) is 4.98 Å². The standard InChI is InChI=1S/C14H13N5O2S2/c1-19-12(17-14(22)21-19)11(9-5-3-2-4-6-9)18-20-7-10-8-23-13(15)16-10/h2-6,8H,7H2,1H3,(H2,15,16)/b18-11-. The summed E-state index contributed by atoms with van der Waals surface area (Å²) in [5.74, 6) is 0.485. The lowest BCUT2D eigenvalue weighted by Gasteiger charge is -2.05. The molecule has 2 heterocycles. The van der Waals surface area contributed by atoms with Gasteiger partial charge < -0.3 is 15.1 Å². The first kappa shape index (κ1) is 15.4. The van der Waals surface area contributed by atoms with Gasteiger partial charge in [-0.2, -0.15) is 9.72 Å². The maximum atomic E-state index is 5.59. The van der Waals surface area contributed by atoms with E-state index in [9.17, 15) is 0 Å². The maximum Gasteiger partial charge on any atom is 0.314 e. The molecular formula is C14H13N5O2S2. The van der Waals surface area contributed by atoms with Crippen LogP contribution in [0.2, 0.25) is 0 Å². The first-order valence-corrected chi connectivity index (χ1v) is 7.92. The van der Waals surface area contributed by atoms with E-state index in [-0.39, 0.29) is 11.4 Å². The van der Waals surface area contributed by atoms with Crippen molar-refractivity contribution in [3.05, 3.63) is 57.6 Å². The Morgan fingerprint density at radius 3 is 2.78 bits per heavy atom. The van der Waals surface area contributed by atoms with Crippen LogP contribution < -0.4 is 5.73 Å². The third kappa shape index (κ3) is 3.63. The number of oxime groups is 1. The van der Waals surface area contributed by atoms with Crippen LogP contribution in [-0.4, -0.2) is 20.4 Å². The van der Waals surface area contributed by atoms with Crippen molar-refractivity contribution in [2.75, 3.05) is 5.73 Å². The van der Waals surface area contributed by atoms with Crippen LogP contribution in [0.5, 0.6) is 0 Å². The van der Waals surface area contributed by atoms with E-state index in [1.165, 1.54) is 16.1 Å². The second-order valence-corrected chi connectivity index (χ2v) is 5.79. The Morgan fingerprint density at radius 2 is 2.17 bits per heavy atom. The van der Waals surface area contributed by atoms with E-state index in [1.807, 2.05) is 35.7 Å². The highest BCUT2D eigenvalue weighted by atomic mass is 32.1. The monoisotopic (exact) mass is 347 g/mol. The molecular weight excluding hydrogens is 334 g/mol. The number of anilines is 1. The number of aromatic nitrogens is 3. The van der Waals surface area contributed by atoms with Gasteiger partial charge in [-0.1, -0.05) is 35.5 Å². The summed E-state index contributed by atoms with van der Waals surface area (Å²) in [6.45, 7) is 0.215. The fourth-order valence-corrected chi connectivity index (χ4v) is 2.66. The Morgan fingerprint density at radius 1 is 1.39 bits per heavy atom. The van der Waals surface area contributed by atoms with Crippen molar-refractivity contribution in [1.29, 1.82) is 0 Å². The number of nitrogens with zero attached hydrogens (tertiary/aromatic N) is 4. The number of nitrogen functional groups attached to an aromatic ring is 1. The Labute approximate surface area is 141 Å². The summed E-state index contributed by atoms with van der Waals surface area (Å²) >= 11 is 6.32. The molecule has 0 spiro atoms. The maximum absolute atomic E-state index is 5.59. The molecule has 7 nitrogen and oxygen atoms in total. The van der Waals surface area contributed by atoms with E-state index < -0.39 is 0 Å². The minimum absolute atomic E-state index is 0.137. The Bertz CT molecular complexity index is 882. The van der Waals surface area contributed by atoms with Crippen LogP contribution in [-0.2, 0) is 18.5 Å². The summed E-state index contributed by atoms with van der Waals surface area (Å²) in [5, 5.41) is 6.51. The van der Waals surface area contributed by atoms with Crippen LogP contribution in [0.1, 0.15) is 17.1 Å². The molecule has 0 radical (unpaired) electrons. The van der Waals surface area contributed by atoms with Gasteiger partial charge in [0.15, 0.2) is 23.3 Å². The van der Waals surface area contributed by atoms with E-state index in [2.05, 4.69) is 15.1 Å². The molecule has 3 rings (SSSR count). The molecule has 2 N–H and O–H groups in total. The zero-order valence-corrected chi connectivity index (χ0v) is 13.8. The van der Waals surface area contributed by atoms with Crippen molar-refractivity contribution in [3.8, 4) is 0 Å². The largest absolute Gasteiger partial charge is 0.389 e. The Hall–Kier alpha value is -2.52. The van der Waals surface area contributed by atoms with Gasteiger partial charge in [0, 0.05) is 18.0 Å². The number of hydrogen-bond acceptors (Lipinski definition) is 8. The summed E-state index contributed by atoms with van der Waals surface area (Å²) in [7, 11) is 1.71. The number of benzene rings is 1. The molecule has 0 saturated carbocycles. The first-order valence-electron chi connectivity index (χ1n) is 6.63. The SMILES string of the molecule is Cn1oc(=S)nc1/C(=N\OCc1csc(N)n1)c1ccccc1. The quantitative estimate of drug-likeness (QED) is 0.433. The lowest BCUT2D eigenvalue weighted by atomic mass is 10.1. The lowest BCUT2D eigenvalue weighted by molar-refractivity contribution is 0.128. The highest BCUT2D eigenvalue weighted by Gasteiger charge is 2.15. The molecule has 3 aromatic rings. The average molecular weight is 347 g/mol. The molecule has 1 aromatic carbocycles. The molecule has 0 saturated heterocycles. The topological polar surface area (TPSA) is 91.5 Å². The predicted molar refractivity (Wildman–Crippen MR) is 89.7 cm³/mol. The predicted octanol–water partition coefficient (Wildman–Crippen LogP) is 2.75. The van der Waals surface area contributed by atoms with Crippen molar-refractivity contribution in [2.45, 2.75) is 6.61 Å². The van der Waals surface area contributed by atoms with Crippen LogP contribution in [0.4, 0.5) is 5.13 Å². The van der Waals surface area contributed by atoms with Crippen LogP contribution >= 0.6 is 23.6 Å². The molecule has 2 aromatic heterocycles. The lowest BCUT2D eigenvalue weighted by Crippen LogP contribution is -2.11. The zero-order chi connectivity index (χ0) is 16.2. The number of rotatable bonds is 5. The average Bonchev–Trinajstić information content (AvgIpc) is 3.10. The minimum Gasteiger partial charge on any atom is -0.389 e. The molecule has 23 heavy (non-hydrogen) atoms. The van der Waals surface area contributed by atoms with Crippen molar-refractivity contribution >= 4 is 34.4 Å². The van der Waals surface area contributed by atoms with Gasteiger partial charge in [0.25, 0.3) is 0 Å². The number of hydrogen-bond donors (Lipinski definition) is 1. The summed E-state index contributed by atoms with van der Waals surface area (Å²) in [5.41, 5.74) is 7.67. The van der Waals surface area contributed by atoms with Gasteiger partial charge in [-0.15, -0.1) is 11.3 Å². The normalized spacial score (nSPS) is 11.6. The Balaban J connectivity index is 1.90. The van der Waals surface area contributed by atoms with Crippen molar-refractivity contribution in [3.63, 3.8) is 0 Å².